The molecular weight excluding hydrogens is 136 g/mol. The van der Waals surface area contributed by atoms with Crippen molar-refractivity contribution in [3.8, 4) is 0 Å². The van der Waals surface area contributed by atoms with Crippen LogP contribution in [-0.2, 0) is 4.79 Å². The minimum absolute atomic E-state index is 0.916. The van der Waals surface area contributed by atoms with E-state index in [0.29, 0.717) is 0 Å². The minimum atomic E-state index is 0.916. The molecule has 1 heteroatoms. The molecule has 0 N–H and O–H groups in total. The molecule has 0 bridgehead atoms. The van der Waals surface area contributed by atoms with Crippen LogP contribution in [0.2, 0.25) is 0 Å². The van der Waals surface area contributed by atoms with Gasteiger partial charge < -0.3 is 0 Å². The van der Waals surface area contributed by atoms with Gasteiger partial charge in [-0.1, -0.05) is 18.9 Å². The Bertz CT molecular complexity index is 160. The second-order valence-electron chi connectivity index (χ2n) is 3.16. The summed E-state index contributed by atoms with van der Waals surface area (Å²) < 4.78 is 0. The van der Waals surface area contributed by atoms with Gasteiger partial charge in [0.15, 0.2) is 0 Å². The topological polar surface area (TPSA) is 17.1 Å². The molecule has 0 aromatic rings. The van der Waals surface area contributed by atoms with Crippen LogP contribution >= 0.6 is 0 Å². The van der Waals surface area contributed by atoms with Gasteiger partial charge >= 0.3 is 0 Å². The van der Waals surface area contributed by atoms with E-state index >= 15 is 0 Å². The summed E-state index contributed by atoms with van der Waals surface area (Å²) >= 11 is 0. The van der Waals surface area contributed by atoms with Crippen molar-refractivity contribution in [2.75, 3.05) is 0 Å². The molecule has 0 radical (unpaired) electrons. The number of carbonyl (C=O) groups excluding carboxylic acids is 1. The Morgan fingerprint density at radius 3 is 2.45 bits per heavy atom. The Hall–Kier alpha value is -0.590. The molecule has 0 unspecified atom stereocenters. The van der Waals surface area contributed by atoms with Crippen molar-refractivity contribution in [2.45, 2.75) is 45.4 Å². The highest BCUT2D eigenvalue weighted by Crippen LogP contribution is 2.25. The fraction of sp³-hybridized carbons (Fsp3) is 0.700. The van der Waals surface area contributed by atoms with E-state index in [1.54, 1.807) is 0 Å². The van der Waals surface area contributed by atoms with E-state index in [9.17, 15) is 4.79 Å². The third kappa shape index (κ3) is 2.18. The summed E-state index contributed by atoms with van der Waals surface area (Å²) in [4.78, 5) is 10.6. The molecule has 62 valence electrons. The molecule has 0 heterocycles. The lowest BCUT2D eigenvalue weighted by Gasteiger charge is -2.15. The van der Waals surface area contributed by atoms with Crippen molar-refractivity contribution in [3.63, 3.8) is 0 Å². The monoisotopic (exact) mass is 152 g/mol. The zero-order chi connectivity index (χ0) is 8.10. The first-order valence-corrected chi connectivity index (χ1v) is 4.54. The van der Waals surface area contributed by atoms with Crippen molar-refractivity contribution in [3.05, 3.63) is 11.1 Å². The number of rotatable bonds is 2. The number of hydrogen-bond donors (Lipinski definition) is 0. The highest BCUT2D eigenvalue weighted by atomic mass is 16.1. The van der Waals surface area contributed by atoms with Crippen LogP contribution in [0, 0.1) is 0 Å². The predicted molar refractivity (Wildman–Crippen MR) is 46.5 cm³/mol. The van der Waals surface area contributed by atoms with Gasteiger partial charge in [-0.25, -0.2) is 0 Å². The summed E-state index contributed by atoms with van der Waals surface area (Å²) in [6.07, 6.45) is 8.21. The summed E-state index contributed by atoms with van der Waals surface area (Å²) in [5, 5.41) is 0. The van der Waals surface area contributed by atoms with Crippen LogP contribution in [0.1, 0.15) is 45.4 Å². The van der Waals surface area contributed by atoms with E-state index in [1.165, 1.54) is 37.7 Å². The fourth-order valence-corrected chi connectivity index (χ4v) is 1.72. The van der Waals surface area contributed by atoms with Crippen molar-refractivity contribution in [1.29, 1.82) is 0 Å². The number of aldehydes is 1. The quantitative estimate of drug-likeness (QED) is 0.439. The van der Waals surface area contributed by atoms with Crippen molar-refractivity contribution < 1.29 is 4.79 Å². The van der Waals surface area contributed by atoms with Gasteiger partial charge in [0.1, 0.15) is 6.29 Å². The van der Waals surface area contributed by atoms with Crippen molar-refractivity contribution >= 4 is 6.29 Å². The molecule has 1 saturated carbocycles. The fourth-order valence-electron chi connectivity index (χ4n) is 1.72. The molecule has 0 aromatic heterocycles. The minimum Gasteiger partial charge on any atom is -0.298 e. The Morgan fingerprint density at radius 1 is 1.36 bits per heavy atom. The lowest BCUT2D eigenvalue weighted by atomic mass is 9.90. The highest BCUT2D eigenvalue weighted by molar-refractivity contribution is 5.74. The van der Waals surface area contributed by atoms with Gasteiger partial charge in [0.25, 0.3) is 0 Å². The smallest absolute Gasteiger partial charge is 0.145 e. The van der Waals surface area contributed by atoms with E-state index in [1.807, 2.05) is 0 Å². The Kier molecular flexibility index (Phi) is 3.34. The van der Waals surface area contributed by atoms with Gasteiger partial charge in [-0.3, -0.25) is 4.79 Å². The Morgan fingerprint density at radius 2 is 2.00 bits per heavy atom. The van der Waals surface area contributed by atoms with Crippen LogP contribution in [0.4, 0.5) is 0 Å². The second kappa shape index (κ2) is 4.32. The largest absolute Gasteiger partial charge is 0.298 e. The van der Waals surface area contributed by atoms with E-state index in [0.717, 1.165) is 18.3 Å². The molecule has 0 atom stereocenters. The molecular formula is C10H16O. The molecule has 1 fully saturated rings. The van der Waals surface area contributed by atoms with Gasteiger partial charge in [0, 0.05) is 0 Å². The molecule has 1 aliphatic rings. The third-order valence-corrected chi connectivity index (χ3v) is 2.43. The van der Waals surface area contributed by atoms with Crippen molar-refractivity contribution in [1.82, 2.24) is 0 Å². The van der Waals surface area contributed by atoms with E-state index < -0.39 is 0 Å². The summed E-state index contributed by atoms with van der Waals surface area (Å²) in [6.45, 7) is 2.06. The zero-order valence-electron chi connectivity index (χ0n) is 7.23. The van der Waals surface area contributed by atoms with Crippen LogP contribution in [0.15, 0.2) is 11.1 Å². The first kappa shape index (κ1) is 8.51. The first-order chi connectivity index (χ1) is 5.38. The van der Waals surface area contributed by atoms with Crippen LogP contribution < -0.4 is 0 Å². The maximum Gasteiger partial charge on any atom is 0.145 e. The van der Waals surface area contributed by atoms with Gasteiger partial charge in [-0.05, 0) is 37.7 Å². The number of hydrogen-bond acceptors (Lipinski definition) is 1. The SMILES string of the molecule is CCC(C=O)=C1CCCCC1. The molecule has 0 aromatic carbocycles. The lowest BCUT2D eigenvalue weighted by molar-refractivity contribution is -0.105. The molecule has 0 spiro atoms. The molecule has 1 nitrogen and oxygen atoms in total. The predicted octanol–water partition coefficient (Wildman–Crippen LogP) is 2.86. The first-order valence-electron chi connectivity index (χ1n) is 4.54. The highest BCUT2D eigenvalue weighted by Gasteiger charge is 2.08. The standard InChI is InChI=1S/C10H16O/c1-2-9(8-11)10-6-4-3-5-7-10/h8H,2-7H2,1H3. The third-order valence-electron chi connectivity index (χ3n) is 2.43. The second-order valence-corrected chi connectivity index (χ2v) is 3.16. The van der Waals surface area contributed by atoms with Gasteiger partial charge in [0.2, 0.25) is 0 Å². The average molecular weight is 152 g/mol. The summed E-state index contributed by atoms with van der Waals surface area (Å²) in [6, 6.07) is 0. The molecule has 1 rings (SSSR count). The zero-order valence-corrected chi connectivity index (χ0v) is 7.23. The van der Waals surface area contributed by atoms with E-state index in [4.69, 9.17) is 0 Å². The normalized spacial score (nSPS) is 18.1. The van der Waals surface area contributed by atoms with Gasteiger partial charge in [-0.2, -0.15) is 0 Å². The van der Waals surface area contributed by atoms with Crippen molar-refractivity contribution in [2.24, 2.45) is 0 Å². The van der Waals surface area contributed by atoms with Crippen LogP contribution in [0.25, 0.3) is 0 Å². The maximum absolute atomic E-state index is 10.6. The molecule has 11 heavy (non-hydrogen) atoms. The lowest BCUT2D eigenvalue weighted by Crippen LogP contribution is -1.99. The van der Waals surface area contributed by atoms with E-state index in [-0.39, 0.29) is 0 Å². The molecule has 1 aliphatic carbocycles. The summed E-state index contributed by atoms with van der Waals surface area (Å²) in [5.74, 6) is 0. The Labute approximate surface area is 68.5 Å². The number of carbonyl (C=O) groups is 1. The summed E-state index contributed by atoms with van der Waals surface area (Å²) in [5.41, 5.74) is 2.48. The van der Waals surface area contributed by atoms with Crippen LogP contribution in [0.5, 0.6) is 0 Å². The molecule has 0 aliphatic heterocycles. The van der Waals surface area contributed by atoms with Gasteiger partial charge in [0.05, 0.1) is 0 Å². The van der Waals surface area contributed by atoms with E-state index in [2.05, 4.69) is 6.92 Å². The molecule has 0 amide bonds. The number of allylic oxidation sites excluding steroid dienone is 2. The summed E-state index contributed by atoms with van der Waals surface area (Å²) in [7, 11) is 0. The molecule has 0 saturated heterocycles. The van der Waals surface area contributed by atoms with Gasteiger partial charge in [-0.15, -0.1) is 0 Å². The Balaban J connectivity index is 2.64. The maximum atomic E-state index is 10.6. The average Bonchev–Trinajstić information content (AvgIpc) is 2.09. The van der Waals surface area contributed by atoms with Crippen LogP contribution in [0.3, 0.4) is 0 Å². The van der Waals surface area contributed by atoms with Crippen LogP contribution in [-0.4, -0.2) is 6.29 Å².